The zero-order valence-electron chi connectivity index (χ0n) is 17.0. The van der Waals surface area contributed by atoms with Gasteiger partial charge in [-0.15, -0.1) is 0 Å². The first-order valence-electron chi connectivity index (χ1n) is 9.76. The molecule has 1 aromatic heterocycles. The minimum Gasteiger partial charge on any atom is -0.493 e. The summed E-state index contributed by atoms with van der Waals surface area (Å²) in [5.74, 6) is -2.13. The number of aromatic nitrogens is 2. The van der Waals surface area contributed by atoms with E-state index in [1.54, 1.807) is 42.5 Å². The molecule has 0 saturated carbocycles. The van der Waals surface area contributed by atoms with Crippen molar-refractivity contribution in [2.45, 2.75) is 0 Å². The van der Waals surface area contributed by atoms with Gasteiger partial charge < -0.3 is 5.11 Å². The Hall–Kier alpha value is -4.02. The minimum absolute atomic E-state index is 0.192. The molecule has 9 nitrogen and oxygen atoms in total. The summed E-state index contributed by atoms with van der Waals surface area (Å²) < 4.78 is 1.55. The number of imide groups is 1. The number of halogens is 2. The Labute approximate surface area is 203 Å². The highest BCUT2D eigenvalue weighted by atomic mass is 79.9. The zero-order chi connectivity index (χ0) is 24.1. The largest absolute Gasteiger partial charge is 0.493 e. The van der Waals surface area contributed by atoms with E-state index in [1.807, 2.05) is 0 Å². The first-order chi connectivity index (χ1) is 16.3. The van der Waals surface area contributed by atoms with E-state index in [0.29, 0.717) is 20.8 Å². The van der Waals surface area contributed by atoms with E-state index in [-0.39, 0.29) is 16.8 Å². The summed E-state index contributed by atoms with van der Waals surface area (Å²) in [4.78, 5) is 52.9. The van der Waals surface area contributed by atoms with Gasteiger partial charge in [-0.2, -0.15) is 10.1 Å². The second kappa shape index (κ2) is 8.08. The summed E-state index contributed by atoms with van der Waals surface area (Å²) >= 11 is 9.39. The molecule has 2 N–H and O–H groups in total. The fourth-order valence-electron chi connectivity index (χ4n) is 3.78. The summed E-state index contributed by atoms with van der Waals surface area (Å²) in [7, 11) is 0. The first kappa shape index (κ1) is 21.8. The topological polar surface area (TPSA) is 125 Å². The van der Waals surface area contributed by atoms with E-state index in [1.165, 1.54) is 12.1 Å². The number of nitrogens with one attached hydrogen (secondary N) is 1. The molecule has 0 saturated heterocycles. The lowest BCUT2D eigenvalue weighted by Crippen LogP contribution is -2.37. The Kier molecular flexibility index (Phi) is 5.18. The molecule has 2 amide bonds. The summed E-state index contributed by atoms with van der Waals surface area (Å²) in [5, 5.41) is 16.7. The highest BCUT2D eigenvalue weighted by Gasteiger charge is 2.33. The lowest BCUT2D eigenvalue weighted by molar-refractivity contribution is 0.0616. The van der Waals surface area contributed by atoms with Crippen molar-refractivity contribution < 1.29 is 14.7 Å². The van der Waals surface area contributed by atoms with Crippen LogP contribution in [0.15, 0.2) is 73.8 Å². The number of amides is 2. The molecule has 3 aromatic carbocycles. The molecule has 168 valence electrons. The number of H-pyrrole nitrogens is 1. The van der Waals surface area contributed by atoms with Crippen LogP contribution in [0.2, 0.25) is 5.02 Å². The molecule has 0 unspecified atom stereocenters. The van der Waals surface area contributed by atoms with Crippen molar-refractivity contribution in [3.05, 3.63) is 102 Å². The standard InChI is InChI=1S/C23H12BrClN4O5/c24-17-8-7-15-18-13(17)5-2-6-14(18)21(32)29(22(15)33)26-10-16-19(30)27-23(34)28(20(16)31)12-4-1-3-11(25)9-12/h1-10,31H,(H,27,30,34). The van der Waals surface area contributed by atoms with Crippen molar-refractivity contribution in [3.8, 4) is 11.6 Å². The van der Waals surface area contributed by atoms with E-state index < -0.39 is 34.5 Å². The van der Waals surface area contributed by atoms with Crippen LogP contribution in [0.1, 0.15) is 26.3 Å². The van der Waals surface area contributed by atoms with Crippen molar-refractivity contribution in [2.75, 3.05) is 0 Å². The third-order valence-corrected chi connectivity index (χ3v) is 6.25. The number of hydrazone groups is 1. The maximum atomic E-state index is 13.1. The Balaban J connectivity index is 1.62. The van der Waals surface area contributed by atoms with Crippen LogP contribution in [0.5, 0.6) is 5.88 Å². The van der Waals surface area contributed by atoms with Gasteiger partial charge in [0.2, 0.25) is 5.88 Å². The van der Waals surface area contributed by atoms with Crippen LogP contribution >= 0.6 is 27.5 Å². The quantitative estimate of drug-likeness (QED) is 0.305. The first-order valence-corrected chi connectivity index (χ1v) is 10.9. The number of rotatable bonds is 3. The number of carbonyl (C=O) groups is 2. The van der Waals surface area contributed by atoms with Gasteiger partial charge in [0.15, 0.2) is 0 Å². The normalized spacial score (nSPS) is 13.3. The van der Waals surface area contributed by atoms with Crippen molar-refractivity contribution in [1.82, 2.24) is 14.6 Å². The Morgan fingerprint density at radius 3 is 2.41 bits per heavy atom. The third kappa shape index (κ3) is 3.35. The van der Waals surface area contributed by atoms with Crippen molar-refractivity contribution >= 4 is 56.3 Å². The van der Waals surface area contributed by atoms with E-state index in [4.69, 9.17) is 11.6 Å². The fraction of sp³-hybridized carbons (Fsp3) is 0. The van der Waals surface area contributed by atoms with Gasteiger partial charge in [0.1, 0.15) is 5.56 Å². The Bertz CT molecular complexity index is 1670. The van der Waals surface area contributed by atoms with Gasteiger partial charge in [0, 0.05) is 14.9 Å². The van der Waals surface area contributed by atoms with Gasteiger partial charge >= 0.3 is 5.69 Å². The van der Waals surface area contributed by atoms with Gasteiger partial charge in [-0.05, 0) is 41.8 Å². The van der Waals surface area contributed by atoms with Crippen molar-refractivity contribution in [1.29, 1.82) is 0 Å². The number of aromatic amines is 1. The minimum atomic E-state index is -0.951. The van der Waals surface area contributed by atoms with Gasteiger partial charge in [-0.1, -0.05) is 45.7 Å². The molecule has 2 heterocycles. The van der Waals surface area contributed by atoms with E-state index in [0.717, 1.165) is 15.3 Å². The summed E-state index contributed by atoms with van der Waals surface area (Å²) in [6.07, 6.45) is 0.856. The maximum absolute atomic E-state index is 13.1. The van der Waals surface area contributed by atoms with Gasteiger partial charge in [0.25, 0.3) is 17.4 Å². The van der Waals surface area contributed by atoms with Crippen LogP contribution in [-0.2, 0) is 0 Å². The highest BCUT2D eigenvalue weighted by Crippen LogP contribution is 2.34. The number of carbonyl (C=O) groups excluding carboxylic acids is 2. The fourth-order valence-corrected chi connectivity index (χ4v) is 4.43. The lowest BCUT2D eigenvalue weighted by Gasteiger charge is -2.23. The molecule has 0 aliphatic carbocycles. The average Bonchev–Trinajstić information content (AvgIpc) is 2.80. The second-order valence-electron chi connectivity index (χ2n) is 7.30. The van der Waals surface area contributed by atoms with Crippen LogP contribution in [0.25, 0.3) is 16.5 Å². The molecule has 11 heteroatoms. The summed E-state index contributed by atoms with van der Waals surface area (Å²) in [5.41, 5.74) is -1.58. The van der Waals surface area contributed by atoms with Crippen LogP contribution in [0, 0.1) is 0 Å². The number of benzene rings is 3. The monoisotopic (exact) mass is 538 g/mol. The maximum Gasteiger partial charge on any atom is 0.335 e. The molecule has 4 aromatic rings. The molecule has 34 heavy (non-hydrogen) atoms. The van der Waals surface area contributed by atoms with Gasteiger partial charge in [0.05, 0.1) is 23.0 Å². The number of nitrogens with zero attached hydrogens (tertiary/aromatic N) is 3. The molecule has 0 radical (unpaired) electrons. The SMILES string of the molecule is O=C1c2cccc3c(Br)ccc(c23)C(=O)N1N=Cc1c(O)n(-c2cccc(Cl)c2)c(=O)[nH]c1=O. The van der Waals surface area contributed by atoms with Gasteiger partial charge in [-0.25, -0.2) is 9.36 Å². The van der Waals surface area contributed by atoms with Gasteiger partial charge in [-0.3, -0.25) is 19.4 Å². The van der Waals surface area contributed by atoms with Crippen LogP contribution in [0.3, 0.4) is 0 Å². The molecule has 0 fully saturated rings. The predicted octanol–water partition coefficient (Wildman–Crippen LogP) is 3.43. The second-order valence-corrected chi connectivity index (χ2v) is 8.59. The van der Waals surface area contributed by atoms with E-state index in [2.05, 4.69) is 26.0 Å². The van der Waals surface area contributed by atoms with Crippen LogP contribution in [0.4, 0.5) is 0 Å². The average molecular weight is 540 g/mol. The molecule has 1 aliphatic heterocycles. The predicted molar refractivity (Wildman–Crippen MR) is 129 cm³/mol. The third-order valence-electron chi connectivity index (χ3n) is 5.32. The molecule has 0 atom stereocenters. The summed E-state index contributed by atoms with van der Waals surface area (Å²) in [6.45, 7) is 0. The van der Waals surface area contributed by atoms with Crippen molar-refractivity contribution in [3.63, 3.8) is 0 Å². The molecular weight excluding hydrogens is 528 g/mol. The molecule has 0 spiro atoms. The Morgan fingerprint density at radius 2 is 1.68 bits per heavy atom. The molecule has 1 aliphatic rings. The van der Waals surface area contributed by atoms with Crippen molar-refractivity contribution in [2.24, 2.45) is 5.10 Å². The lowest BCUT2D eigenvalue weighted by atomic mass is 9.95. The zero-order valence-corrected chi connectivity index (χ0v) is 19.3. The summed E-state index contributed by atoms with van der Waals surface area (Å²) in [6, 6.07) is 14.3. The number of aromatic hydroxyl groups is 1. The van der Waals surface area contributed by atoms with E-state index >= 15 is 0 Å². The molecule has 5 rings (SSSR count). The molecular formula is C23H12BrClN4O5. The van der Waals surface area contributed by atoms with Crippen LogP contribution in [-0.4, -0.2) is 37.7 Å². The number of hydrogen-bond acceptors (Lipinski definition) is 6. The Morgan fingerprint density at radius 1 is 0.971 bits per heavy atom. The smallest absolute Gasteiger partial charge is 0.335 e. The van der Waals surface area contributed by atoms with E-state index in [9.17, 15) is 24.3 Å². The molecule has 0 bridgehead atoms. The number of hydrogen-bond donors (Lipinski definition) is 2. The highest BCUT2D eigenvalue weighted by molar-refractivity contribution is 9.10. The van der Waals surface area contributed by atoms with Crippen LogP contribution < -0.4 is 11.2 Å².